The molecule has 1 aliphatic heterocycles. The summed E-state index contributed by atoms with van der Waals surface area (Å²) in [5.41, 5.74) is 0.237. The molecule has 1 aromatic carbocycles. The Bertz CT molecular complexity index is 504. The van der Waals surface area contributed by atoms with Gasteiger partial charge in [-0.05, 0) is 13.0 Å². The fourth-order valence-electron chi connectivity index (χ4n) is 1.77. The number of anilines is 2. The van der Waals surface area contributed by atoms with Crippen LogP contribution in [0.15, 0.2) is 12.1 Å². The van der Waals surface area contributed by atoms with E-state index >= 15 is 0 Å². The molecule has 0 amide bonds. The van der Waals surface area contributed by atoms with Crippen molar-refractivity contribution in [2.45, 2.75) is 12.5 Å². The maximum Gasteiger partial charge on any atom is 0.349 e. The molecule has 1 aliphatic rings. The summed E-state index contributed by atoms with van der Waals surface area (Å²) in [6, 6.07) is 3.48. The fourth-order valence-corrected chi connectivity index (χ4v) is 2.10. The third-order valence-corrected chi connectivity index (χ3v) is 3.24. The molecule has 18 heavy (non-hydrogen) atoms. The van der Waals surface area contributed by atoms with Crippen LogP contribution in [0.3, 0.4) is 0 Å². The van der Waals surface area contributed by atoms with E-state index in [-0.39, 0.29) is 6.54 Å². The number of benzene rings is 1. The van der Waals surface area contributed by atoms with Crippen molar-refractivity contribution < 1.29 is 14.6 Å². The minimum absolute atomic E-state index is 0.201. The standard InChI is InChI=1S/C12H15ClN2O3/c1-12(11(16)17)6-14-8-4-7(13)9(15(2)3)5-10(8)18-12/h4-5,14H,6H2,1-3H3,(H,16,17). The molecule has 0 aliphatic carbocycles. The number of fused-ring (bicyclic) bond motifs is 1. The van der Waals surface area contributed by atoms with Crippen LogP contribution in [0.2, 0.25) is 5.02 Å². The molecule has 0 fully saturated rings. The molecule has 1 aromatic rings. The number of carboxylic acids is 1. The first-order chi connectivity index (χ1) is 8.33. The van der Waals surface area contributed by atoms with Crippen molar-refractivity contribution in [1.29, 1.82) is 0 Å². The molecule has 1 atom stereocenters. The number of rotatable bonds is 2. The predicted molar refractivity (Wildman–Crippen MR) is 70.9 cm³/mol. The van der Waals surface area contributed by atoms with Gasteiger partial charge in [0.2, 0.25) is 5.60 Å². The number of aliphatic carboxylic acids is 1. The van der Waals surface area contributed by atoms with E-state index in [2.05, 4.69) is 5.32 Å². The van der Waals surface area contributed by atoms with Crippen molar-refractivity contribution in [3.05, 3.63) is 17.2 Å². The average molecular weight is 271 g/mol. The molecule has 0 saturated heterocycles. The summed E-state index contributed by atoms with van der Waals surface area (Å²) >= 11 is 6.14. The number of nitrogens with zero attached hydrogens (tertiary/aromatic N) is 1. The van der Waals surface area contributed by atoms with Crippen LogP contribution in [0.25, 0.3) is 0 Å². The number of carbonyl (C=O) groups is 1. The first kappa shape index (κ1) is 12.8. The summed E-state index contributed by atoms with van der Waals surface area (Å²) in [6.45, 7) is 1.74. The molecule has 0 radical (unpaired) electrons. The molecule has 98 valence electrons. The van der Waals surface area contributed by atoms with Gasteiger partial charge in [0.05, 0.1) is 22.9 Å². The number of carboxylic acid groups (broad SMARTS) is 1. The lowest BCUT2D eigenvalue weighted by molar-refractivity contribution is -0.152. The van der Waals surface area contributed by atoms with Gasteiger partial charge in [-0.2, -0.15) is 0 Å². The Morgan fingerprint density at radius 3 is 2.78 bits per heavy atom. The van der Waals surface area contributed by atoms with Gasteiger partial charge in [-0.15, -0.1) is 0 Å². The van der Waals surface area contributed by atoms with Crippen LogP contribution in [0.1, 0.15) is 6.92 Å². The Morgan fingerprint density at radius 1 is 1.56 bits per heavy atom. The number of hydrogen-bond acceptors (Lipinski definition) is 4. The highest BCUT2D eigenvalue weighted by Crippen LogP contribution is 2.40. The van der Waals surface area contributed by atoms with E-state index in [9.17, 15) is 4.79 Å². The molecule has 1 unspecified atom stereocenters. The summed E-state index contributed by atoms with van der Waals surface area (Å²) in [4.78, 5) is 13.0. The third-order valence-electron chi connectivity index (χ3n) is 2.93. The lowest BCUT2D eigenvalue weighted by Gasteiger charge is -2.33. The first-order valence-corrected chi connectivity index (χ1v) is 5.88. The van der Waals surface area contributed by atoms with Gasteiger partial charge in [0.1, 0.15) is 5.75 Å². The molecule has 2 N–H and O–H groups in total. The van der Waals surface area contributed by atoms with Gasteiger partial charge in [-0.25, -0.2) is 4.79 Å². The summed E-state index contributed by atoms with van der Waals surface area (Å²) in [5, 5.41) is 12.8. The lowest BCUT2D eigenvalue weighted by Crippen LogP contribution is -2.49. The minimum Gasteiger partial charge on any atom is -0.478 e. The van der Waals surface area contributed by atoms with E-state index in [4.69, 9.17) is 21.4 Å². The topological polar surface area (TPSA) is 61.8 Å². The lowest BCUT2D eigenvalue weighted by atomic mass is 10.0. The number of ether oxygens (including phenoxy) is 1. The predicted octanol–water partition coefficient (Wildman–Crippen LogP) is 2.05. The summed E-state index contributed by atoms with van der Waals surface area (Å²) in [7, 11) is 3.72. The van der Waals surface area contributed by atoms with Crippen LogP contribution in [0.4, 0.5) is 11.4 Å². The Hall–Kier alpha value is -1.62. The fraction of sp³-hybridized carbons (Fsp3) is 0.417. The second kappa shape index (κ2) is 4.24. The Labute approximate surface area is 110 Å². The van der Waals surface area contributed by atoms with Gasteiger partial charge in [0.15, 0.2) is 0 Å². The van der Waals surface area contributed by atoms with Crippen LogP contribution in [0.5, 0.6) is 5.75 Å². The number of hydrogen-bond donors (Lipinski definition) is 2. The van der Waals surface area contributed by atoms with Gasteiger partial charge in [-0.1, -0.05) is 11.6 Å². The van der Waals surface area contributed by atoms with Crippen molar-refractivity contribution in [2.75, 3.05) is 30.9 Å². The monoisotopic (exact) mass is 270 g/mol. The normalized spacial score (nSPS) is 21.6. The van der Waals surface area contributed by atoms with E-state index in [0.29, 0.717) is 16.5 Å². The highest BCUT2D eigenvalue weighted by molar-refractivity contribution is 6.33. The zero-order valence-electron chi connectivity index (χ0n) is 10.5. The first-order valence-electron chi connectivity index (χ1n) is 5.50. The molecular weight excluding hydrogens is 256 g/mol. The smallest absolute Gasteiger partial charge is 0.349 e. The molecule has 1 heterocycles. The quantitative estimate of drug-likeness (QED) is 0.861. The number of nitrogens with one attached hydrogen (secondary N) is 1. The molecular formula is C12H15ClN2O3. The molecule has 0 bridgehead atoms. The Kier molecular flexibility index (Phi) is 3.02. The largest absolute Gasteiger partial charge is 0.478 e. The van der Waals surface area contributed by atoms with Crippen molar-refractivity contribution in [2.24, 2.45) is 0 Å². The van der Waals surface area contributed by atoms with Gasteiger partial charge in [0, 0.05) is 20.2 Å². The van der Waals surface area contributed by atoms with Crippen LogP contribution < -0.4 is 15.0 Å². The van der Waals surface area contributed by atoms with E-state index in [0.717, 1.165) is 5.69 Å². The zero-order valence-corrected chi connectivity index (χ0v) is 11.2. The maximum absolute atomic E-state index is 11.2. The minimum atomic E-state index is -1.26. The average Bonchev–Trinajstić information content (AvgIpc) is 2.28. The summed E-state index contributed by atoms with van der Waals surface area (Å²) < 4.78 is 5.58. The number of halogens is 1. The van der Waals surface area contributed by atoms with Crippen molar-refractivity contribution in [3.8, 4) is 5.75 Å². The van der Waals surface area contributed by atoms with Crippen LogP contribution >= 0.6 is 11.6 Å². The van der Waals surface area contributed by atoms with E-state index in [1.165, 1.54) is 6.92 Å². The second-order valence-corrected chi connectivity index (χ2v) is 5.09. The van der Waals surface area contributed by atoms with Gasteiger partial charge in [0.25, 0.3) is 0 Å². The van der Waals surface area contributed by atoms with Crippen molar-refractivity contribution >= 4 is 28.9 Å². The van der Waals surface area contributed by atoms with Crippen LogP contribution in [0, 0.1) is 0 Å². The van der Waals surface area contributed by atoms with Gasteiger partial charge in [-0.3, -0.25) is 0 Å². The molecule has 0 spiro atoms. The van der Waals surface area contributed by atoms with Crippen LogP contribution in [-0.4, -0.2) is 37.3 Å². The summed E-state index contributed by atoms with van der Waals surface area (Å²) in [5.74, 6) is -0.499. The molecule has 6 heteroatoms. The molecule has 0 aromatic heterocycles. The van der Waals surface area contributed by atoms with E-state index < -0.39 is 11.6 Å². The van der Waals surface area contributed by atoms with E-state index in [1.807, 2.05) is 19.0 Å². The highest BCUT2D eigenvalue weighted by atomic mass is 35.5. The molecule has 0 saturated carbocycles. The van der Waals surface area contributed by atoms with Gasteiger partial charge < -0.3 is 20.1 Å². The van der Waals surface area contributed by atoms with Gasteiger partial charge >= 0.3 is 5.97 Å². The van der Waals surface area contributed by atoms with Crippen molar-refractivity contribution in [3.63, 3.8) is 0 Å². The van der Waals surface area contributed by atoms with Crippen molar-refractivity contribution in [1.82, 2.24) is 0 Å². The highest BCUT2D eigenvalue weighted by Gasteiger charge is 2.39. The second-order valence-electron chi connectivity index (χ2n) is 4.69. The molecule has 2 rings (SSSR count). The van der Waals surface area contributed by atoms with Crippen LogP contribution in [-0.2, 0) is 4.79 Å². The van der Waals surface area contributed by atoms with E-state index in [1.54, 1.807) is 12.1 Å². The Balaban J connectivity index is 2.43. The molecule has 5 nitrogen and oxygen atoms in total. The zero-order chi connectivity index (χ0) is 13.5. The SMILES string of the molecule is CN(C)c1cc2c(cc1Cl)NCC(C)(C(=O)O)O2. The third kappa shape index (κ3) is 2.06. The Morgan fingerprint density at radius 2 is 2.22 bits per heavy atom. The summed E-state index contributed by atoms with van der Waals surface area (Å²) in [6.07, 6.45) is 0. The maximum atomic E-state index is 11.2.